The van der Waals surface area contributed by atoms with Gasteiger partial charge in [0.25, 0.3) is 5.56 Å². The summed E-state index contributed by atoms with van der Waals surface area (Å²) in [5.74, 6) is 1.46. The summed E-state index contributed by atoms with van der Waals surface area (Å²) in [6.45, 7) is 8.59. The Morgan fingerprint density at radius 3 is 2.58 bits per heavy atom. The van der Waals surface area contributed by atoms with Crippen LogP contribution in [0.1, 0.15) is 37.6 Å². The van der Waals surface area contributed by atoms with Crippen molar-refractivity contribution in [1.82, 2.24) is 9.55 Å². The van der Waals surface area contributed by atoms with Crippen LogP contribution in [0.3, 0.4) is 0 Å². The predicted octanol–water partition coefficient (Wildman–Crippen LogP) is 5.05. The Hall–Kier alpha value is -2.37. The van der Waals surface area contributed by atoms with Crippen molar-refractivity contribution in [2.75, 3.05) is 24.6 Å². The fourth-order valence-corrected chi connectivity index (χ4v) is 5.59. The zero-order chi connectivity index (χ0) is 21.8. The van der Waals surface area contributed by atoms with Crippen LogP contribution in [0, 0.1) is 19.3 Å². The van der Waals surface area contributed by atoms with Gasteiger partial charge in [-0.3, -0.25) is 9.36 Å². The lowest BCUT2D eigenvalue weighted by Gasteiger charge is -2.39. The van der Waals surface area contributed by atoms with Crippen molar-refractivity contribution in [2.45, 2.75) is 46.1 Å². The van der Waals surface area contributed by atoms with Crippen LogP contribution < -0.4 is 10.5 Å². The van der Waals surface area contributed by atoms with E-state index in [1.54, 1.807) is 4.57 Å². The average molecular weight is 438 g/mol. The average Bonchev–Trinajstić information content (AvgIpc) is 3.13. The van der Waals surface area contributed by atoms with E-state index in [9.17, 15) is 4.79 Å². The lowest BCUT2D eigenvalue weighted by molar-refractivity contribution is 0.0975. The SMILES string of the molecule is Cc1c(N2CCC3(CC2)CO[C@@H](C)C3)nc(C)n(-c2ccc3ccccc3c2Cl)c1=O. The molecule has 0 amide bonds. The second kappa shape index (κ2) is 7.64. The first-order valence-corrected chi connectivity index (χ1v) is 11.4. The van der Waals surface area contributed by atoms with Gasteiger partial charge in [-0.05, 0) is 56.9 Å². The maximum Gasteiger partial charge on any atom is 0.263 e. The summed E-state index contributed by atoms with van der Waals surface area (Å²) in [5, 5.41) is 2.56. The largest absolute Gasteiger partial charge is 0.378 e. The third-order valence-electron chi connectivity index (χ3n) is 7.05. The quantitative estimate of drug-likeness (QED) is 0.562. The molecule has 2 aliphatic heterocycles. The number of anilines is 1. The van der Waals surface area contributed by atoms with Crippen LogP contribution >= 0.6 is 11.6 Å². The molecule has 31 heavy (non-hydrogen) atoms. The van der Waals surface area contributed by atoms with E-state index in [1.807, 2.05) is 50.2 Å². The van der Waals surface area contributed by atoms with Gasteiger partial charge < -0.3 is 9.64 Å². The third-order valence-corrected chi connectivity index (χ3v) is 7.45. The molecule has 1 spiro atoms. The maximum atomic E-state index is 13.5. The Balaban J connectivity index is 1.50. The molecule has 2 fully saturated rings. The Kier molecular flexibility index (Phi) is 5.06. The van der Waals surface area contributed by atoms with Gasteiger partial charge in [0.05, 0.1) is 29.0 Å². The van der Waals surface area contributed by atoms with Gasteiger partial charge in [-0.2, -0.15) is 0 Å². The highest BCUT2D eigenvalue weighted by Gasteiger charge is 2.41. The Bertz CT molecular complexity index is 1210. The second-order valence-corrected chi connectivity index (χ2v) is 9.56. The summed E-state index contributed by atoms with van der Waals surface area (Å²) in [7, 11) is 0. The van der Waals surface area contributed by atoms with Gasteiger partial charge >= 0.3 is 0 Å². The van der Waals surface area contributed by atoms with Gasteiger partial charge in [-0.1, -0.05) is 41.9 Å². The molecule has 0 saturated carbocycles. The summed E-state index contributed by atoms with van der Waals surface area (Å²) in [6, 6.07) is 11.9. The van der Waals surface area contributed by atoms with Crippen LogP contribution in [0.4, 0.5) is 5.82 Å². The maximum absolute atomic E-state index is 13.5. The fraction of sp³-hybridized carbons (Fsp3) is 0.440. The summed E-state index contributed by atoms with van der Waals surface area (Å²) >= 11 is 6.73. The molecular formula is C25H28ClN3O2. The summed E-state index contributed by atoms with van der Waals surface area (Å²) in [6.07, 6.45) is 3.65. The number of rotatable bonds is 2. The molecule has 0 unspecified atom stereocenters. The summed E-state index contributed by atoms with van der Waals surface area (Å²) in [4.78, 5) is 20.6. The van der Waals surface area contributed by atoms with E-state index in [0.717, 1.165) is 55.5 Å². The Morgan fingerprint density at radius 2 is 1.87 bits per heavy atom. The normalized spacial score (nSPS) is 20.6. The molecule has 3 heterocycles. The van der Waals surface area contributed by atoms with E-state index >= 15 is 0 Å². The minimum atomic E-state index is -0.0576. The lowest BCUT2D eigenvalue weighted by atomic mass is 9.77. The number of benzene rings is 2. The molecule has 0 aliphatic carbocycles. The number of fused-ring (bicyclic) bond motifs is 1. The summed E-state index contributed by atoms with van der Waals surface area (Å²) < 4.78 is 7.50. The molecule has 1 aromatic heterocycles. The van der Waals surface area contributed by atoms with E-state index in [1.165, 1.54) is 0 Å². The van der Waals surface area contributed by atoms with E-state index in [2.05, 4.69) is 11.8 Å². The number of hydrogen-bond donors (Lipinski definition) is 0. The van der Waals surface area contributed by atoms with Crippen LogP contribution in [-0.4, -0.2) is 35.4 Å². The van der Waals surface area contributed by atoms with Gasteiger partial charge in [0, 0.05) is 18.5 Å². The van der Waals surface area contributed by atoms with Gasteiger partial charge in [0.1, 0.15) is 11.6 Å². The molecule has 1 atom stereocenters. The van der Waals surface area contributed by atoms with Crippen molar-refractivity contribution in [3.05, 3.63) is 63.2 Å². The molecule has 5 rings (SSSR count). The number of aromatic nitrogens is 2. The summed E-state index contributed by atoms with van der Waals surface area (Å²) in [5.41, 5.74) is 1.59. The number of halogens is 1. The minimum absolute atomic E-state index is 0.0576. The minimum Gasteiger partial charge on any atom is -0.378 e. The molecule has 2 saturated heterocycles. The van der Waals surface area contributed by atoms with Crippen molar-refractivity contribution in [3.63, 3.8) is 0 Å². The molecule has 2 aliphatic rings. The topological polar surface area (TPSA) is 47.4 Å². The van der Waals surface area contributed by atoms with E-state index < -0.39 is 0 Å². The first-order valence-electron chi connectivity index (χ1n) is 11.0. The molecule has 3 aromatic rings. The molecule has 2 aromatic carbocycles. The number of aryl methyl sites for hydroxylation is 1. The molecule has 162 valence electrons. The van der Waals surface area contributed by atoms with E-state index in [4.69, 9.17) is 21.3 Å². The van der Waals surface area contributed by atoms with Crippen molar-refractivity contribution in [3.8, 4) is 5.69 Å². The highest BCUT2D eigenvalue weighted by atomic mass is 35.5. The highest BCUT2D eigenvalue weighted by molar-refractivity contribution is 6.37. The van der Waals surface area contributed by atoms with Crippen LogP contribution in [-0.2, 0) is 4.74 Å². The lowest BCUT2D eigenvalue weighted by Crippen LogP contribution is -2.42. The number of piperidine rings is 1. The number of nitrogens with zero attached hydrogens (tertiary/aromatic N) is 3. The van der Waals surface area contributed by atoms with E-state index in [0.29, 0.717) is 33.6 Å². The van der Waals surface area contributed by atoms with Crippen LogP contribution in [0.15, 0.2) is 41.2 Å². The van der Waals surface area contributed by atoms with Crippen molar-refractivity contribution in [2.24, 2.45) is 5.41 Å². The zero-order valence-corrected chi connectivity index (χ0v) is 19.1. The molecule has 5 nitrogen and oxygen atoms in total. The number of ether oxygens (including phenoxy) is 1. The van der Waals surface area contributed by atoms with Crippen LogP contribution in [0.2, 0.25) is 5.02 Å². The smallest absolute Gasteiger partial charge is 0.263 e. The molecular weight excluding hydrogens is 410 g/mol. The third kappa shape index (κ3) is 3.44. The molecule has 0 bridgehead atoms. The highest BCUT2D eigenvalue weighted by Crippen LogP contribution is 2.42. The van der Waals surface area contributed by atoms with Crippen molar-refractivity contribution >= 4 is 28.2 Å². The Labute approximate surface area is 187 Å². The first kappa shape index (κ1) is 20.5. The fourth-order valence-electron chi connectivity index (χ4n) is 5.27. The van der Waals surface area contributed by atoms with Gasteiger partial charge in [0.15, 0.2) is 0 Å². The first-order chi connectivity index (χ1) is 14.9. The number of hydrogen-bond acceptors (Lipinski definition) is 4. The van der Waals surface area contributed by atoms with Crippen LogP contribution in [0.5, 0.6) is 0 Å². The van der Waals surface area contributed by atoms with E-state index in [-0.39, 0.29) is 5.56 Å². The van der Waals surface area contributed by atoms with Gasteiger partial charge in [0.2, 0.25) is 0 Å². The monoisotopic (exact) mass is 437 g/mol. The van der Waals surface area contributed by atoms with Crippen molar-refractivity contribution < 1.29 is 4.74 Å². The van der Waals surface area contributed by atoms with Crippen molar-refractivity contribution in [1.29, 1.82) is 0 Å². The molecule has 6 heteroatoms. The predicted molar refractivity (Wildman–Crippen MR) is 126 cm³/mol. The zero-order valence-electron chi connectivity index (χ0n) is 18.3. The van der Waals surface area contributed by atoms with Crippen LogP contribution in [0.25, 0.3) is 16.5 Å². The van der Waals surface area contributed by atoms with Gasteiger partial charge in [-0.25, -0.2) is 4.98 Å². The molecule has 0 radical (unpaired) electrons. The van der Waals surface area contributed by atoms with Gasteiger partial charge in [-0.15, -0.1) is 0 Å². The molecule has 0 N–H and O–H groups in total. The Morgan fingerprint density at radius 1 is 1.13 bits per heavy atom. The second-order valence-electron chi connectivity index (χ2n) is 9.18. The standard InChI is InChI=1S/C25H28ClN3O2/c1-16-14-25(15-31-16)10-12-28(13-11-25)23-17(2)24(30)29(18(3)27-23)21-9-8-19-6-4-5-7-20(19)22(21)26/h4-9,16H,10-15H2,1-3H3/t16-/m0/s1.